The van der Waals surface area contributed by atoms with E-state index in [0.717, 1.165) is 21.6 Å². The number of nitrogens with one attached hydrogen (secondary N) is 2. The Kier molecular flexibility index (Phi) is 8.15. The second kappa shape index (κ2) is 11.5. The molecule has 0 radical (unpaired) electrons. The van der Waals surface area contributed by atoms with Crippen LogP contribution in [0.15, 0.2) is 64.6 Å². The van der Waals surface area contributed by atoms with E-state index >= 15 is 0 Å². The number of carbonyl (C=O) groups is 4. The largest absolute Gasteiger partial charge is 0.493 e. The Morgan fingerprint density at radius 3 is 2.26 bits per heavy atom. The summed E-state index contributed by atoms with van der Waals surface area (Å²) >= 11 is 3.43. The molecule has 4 rings (SSSR count). The predicted octanol–water partition coefficient (Wildman–Crippen LogP) is 5.07. The van der Waals surface area contributed by atoms with Crippen LogP contribution in [0.3, 0.4) is 0 Å². The quantitative estimate of drug-likeness (QED) is 0.293. The van der Waals surface area contributed by atoms with Crippen molar-refractivity contribution in [2.24, 2.45) is 0 Å². The summed E-state index contributed by atoms with van der Waals surface area (Å²) < 4.78 is 11.6. The van der Waals surface area contributed by atoms with Crippen LogP contribution in [0.5, 0.6) is 11.5 Å². The number of aryl methyl sites for hydroxylation is 3. The topological polar surface area (TPSA) is 114 Å². The SMILES string of the molecule is COc1cc(/C=C2\C(=O)NC(=O)N(c3cc(C)cc(C)c3)C2=O)c(Br)cc1OCC(=O)Nc1ccc(C)cc1. The first-order valence-electron chi connectivity index (χ1n) is 11.9. The first-order valence-corrected chi connectivity index (χ1v) is 12.7. The second-order valence-electron chi connectivity index (χ2n) is 9.03. The lowest BCUT2D eigenvalue weighted by molar-refractivity contribution is -0.122. The van der Waals surface area contributed by atoms with E-state index in [9.17, 15) is 19.2 Å². The van der Waals surface area contributed by atoms with Gasteiger partial charge in [0.2, 0.25) is 0 Å². The van der Waals surface area contributed by atoms with Crippen LogP contribution in [-0.4, -0.2) is 37.5 Å². The Balaban J connectivity index is 1.57. The van der Waals surface area contributed by atoms with Gasteiger partial charge in [-0.15, -0.1) is 0 Å². The average molecular weight is 592 g/mol. The van der Waals surface area contributed by atoms with Crippen molar-refractivity contribution in [1.29, 1.82) is 0 Å². The summed E-state index contributed by atoms with van der Waals surface area (Å²) in [4.78, 5) is 51.8. The van der Waals surface area contributed by atoms with Crippen LogP contribution >= 0.6 is 15.9 Å². The smallest absolute Gasteiger partial charge is 0.335 e. The summed E-state index contributed by atoms with van der Waals surface area (Å²) in [5.74, 6) is -1.38. The van der Waals surface area contributed by atoms with E-state index in [1.54, 1.807) is 36.4 Å². The van der Waals surface area contributed by atoms with Gasteiger partial charge in [0.1, 0.15) is 5.57 Å². The molecule has 1 aliphatic rings. The Morgan fingerprint density at radius 2 is 1.62 bits per heavy atom. The first kappa shape index (κ1) is 27.6. The van der Waals surface area contributed by atoms with Gasteiger partial charge in [-0.3, -0.25) is 19.7 Å². The molecule has 0 atom stereocenters. The van der Waals surface area contributed by atoms with E-state index in [-0.39, 0.29) is 29.6 Å². The average Bonchev–Trinajstić information content (AvgIpc) is 2.87. The summed E-state index contributed by atoms with van der Waals surface area (Å²) in [6.45, 7) is 5.38. The Labute approximate surface area is 233 Å². The number of benzene rings is 3. The maximum atomic E-state index is 13.3. The normalized spacial score (nSPS) is 14.3. The van der Waals surface area contributed by atoms with Crippen molar-refractivity contribution in [3.05, 3.63) is 86.9 Å². The van der Waals surface area contributed by atoms with Crippen molar-refractivity contribution in [2.75, 3.05) is 23.9 Å². The van der Waals surface area contributed by atoms with Crippen LogP contribution in [-0.2, 0) is 14.4 Å². The number of halogens is 1. The lowest BCUT2D eigenvalue weighted by atomic mass is 10.0. The third-order valence-corrected chi connectivity index (χ3v) is 6.53. The van der Waals surface area contributed by atoms with Gasteiger partial charge in [-0.05, 0) is 79.9 Å². The number of amides is 5. The van der Waals surface area contributed by atoms with E-state index < -0.39 is 17.8 Å². The zero-order valence-electron chi connectivity index (χ0n) is 21.8. The number of anilines is 2. The van der Waals surface area contributed by atoms with Gasteiger partial charge in [0.25, 0.3) is 17.7 Å². The minimum atomic E-state index is -0.823. The fraction of sp³-hybridized carbons (Fsp3) is 0.172. The van der Waals surface area contributed by atoms with E-state index in [1.165, 1.54) is 13.2 Å². The van der Waals surface area contributed by atoms with Gasteiger partial charge in [-0.25, -0.2) is 9.69 Å². The maximum absolute atomic E-state index is 13.3. The molecule has 39 heavy (non-hydrogen) atoms. The van der Waals surface area contributed by atoms with Crippen molar-refractivity contribution in [2.45, 2.75) is 20.8 Å². The van der Waals surface area contributed by atoms with Crippen LogP contribution in [0.1, 0.15) is 22.3 Å². The van der Waals surface area contributed by atoms with Gasteiger partial charge in [0.05, 0.1) is 12.8 Å². The van der Waals surface area contributed by atoms with Crippen LogP contribution in [0.4, 0.5) is 16.2 Å². The van der Waals surface area contributed by atoms with Crippen LogP contribution in [0.2, 0.25) is 0 Å². The molecule has 1 aliphatic heterocycles. The van der Waals surface area contributed by atoms with E-state index in [1.807, 2.05) is 39.0 Å². The monoisotopic (exact) mass is 591 g/mol. The molecule has 5 amide bonds. The number of barbiturate groups is 1. The standard InChI is InChI=1S/C29H26BrN3O6/c1-16-5-7-20(8-6-16)31-26(34)15-39-25-14-23(30)19(13-24(25)38-4)12-22-27(35)32-29(37)33(28(22)36)21-10-17(2)9-18(3)11-21/h5-14H,15H2,1-4H3,(H,31,34)(H,32,35,37)/b22-12+. The molecule has 1 heterocycles. The molecular formula is C29H26BrN3O6. The van der Waals surface area contributed by atoms with E-state index in [0.29, 0.717) is 21.4 Å². The zero-order chi connectivity index (χ0) is 28.3. The summed E-state index contributed by atoms with van der Waals surface area (Å²) in [5.41, 5.74) is 4.00. The maximum Gasteiger partial charge on any atom is 0.335 e. The van der Waals surface area contributed by atoms with Gasteiger partial charge in [0, 0.05) is 10.2 Å². The van der Waals surface area contributed by atoms with Crippen LogP contribution < -0.4 is 25.0 Å². The second-order valence-corrected chi connectivity index (χ2v) is 9.89. The van der Waals surface area contributed by atoms with Gasteiger partial charge in [0.15, 0.2) is 18.1 Å². The molecule has 9 nitrogen and oxygen atoms in total. The zero-order valence-corrected chi connectivity index (χ0v) is 23.3. The Morgan fingerprint density at radius 1 is 0.949 bits per heavy atom. The molecule has 3 aromatic rings. The highest BCUT2D eigenvalue weighted by atomic mass is 79.9. The molecule has 0 saturated carbocycles. The molecule has 0 aromatic heterocycles. The Bertz CT molecular complexity index is 1490. The van der Waals surface area contributed by atoms with Gasteiger partial charge >= 0.3 is 6.03 Å². The number of imide groups is 2. The number of ether oxygens (including phenoxy) is 2. The molecule has 2 N–H and O–H groups in total. The number of urea groups is 1. The third-order valence-electron chi connectivity index (χ3n) is 5.84. The molecule has 10 heteroatoms. The molecule has 0 spiro atoms. The molecule has 1 saturated heterocycles. The Hall–Kier alpha value is -4.44. The van der Waals surface area contributed by atoms with Crippen LogP contribution in [0, 0.1) is 20.8 Å². The fourth-order valence-electron chi connectivity index (χ4n) is 4.04. The summed E-state index contributed by atoms with van der Waals surface area (Å²) in [7, 11) is 1.43. The molecule has 0 aliphatic carbocycles. The van der Waals surface area contributed by atoms with Gasteiger partial charge in [-0.1, -0.05) is 39.7 Å². The number of hydrogen-bond donors (Lipinski definition) is 2. The third kappa shape index (κ3) is 6.35. The molecule has 0 unspecified atom stereocenters. The first-order chi connectivity index (χ1) is 18.5. The fourth-order valence-corrected chi connectivity index (χ4v) is 4.48. The number of hydrogen-bond acceptors (Lipinski definition) is 6. The van der Waals surface area contributed by atoms with Crippen molar-refractivity contribution < 1.29 is 28.7 Å². The van der Waals surface area contributed by atoms with Crippen LogP contribution in [0.25, 0.3) is 6.08 Å². The molecule has 0 bridgehead atoms. The number of nitrogens with zero attached hydrogens (tertiary/aromatic N) is 1. The molecular weight excluding hydrogens is 566 g/mol. The highest BCUT2D eigenvalue weighted by Crippen LogP contribution is 2.35. The minimum Gasteiger partial charge on any atom is -0.493 e. The number of rotatable bonds is 7. The lowest BCUT2D eigenvalue weighted by Gasteiger charge is -2.27. The van der Waals surface area contributed by atoms with Gasteiger partial charge in [-0.2, -0.15) is 0 Å². The van der Waals surface area contributed by atoms with Crippen molar-refractivity contribution in [1.82, 2.24) is 5.32 Å². The summed E-state index contributed by atoms with van der Waals surface area (Å²) in [6.07, 6.45) is 1.36. The number of methoxy groups -OCH3 is 1. The van der Waals surface area contributed by atoms with Crippen molar-refractivity contribution >= 4 is 57.1 Å². The molecule has 200 valence electrons. The molecule has 1 fully saturated rings. The van der Waals surface area contributed by atoms with Crippen molar-refractivity contribution in [3.8, 4) is 11.5 Å². The highest BCUT2D eigenvalue weighted by Gasteiger charge is 2.37. The summed E-state index contributed by atoms with van der Waals surface area (Å²) in [5, 5.41) is 4.98. The van der Waals surface area contributed by atoms with E-state index in [4.69, 9.17) is 9.47 Å². The predicted molar refractivity (Wildman–Crippen MR) is 151 cm³/mol. The van der Waals surface area contributed by atoms with Crippen molar-refractivity contribution in [3.63, 3.8) is 0 Å². The number of carbonyl (C=O) groups excluding carboxylic acids is 4. The minimum absolute atomic E-state index is 0.234. The van der Waals surface area contributed by atoms with E-state index in [2.05, 4.69) is 26.6 Å². The van der Waals surface area contributed by atoms with Gasteiger partial charge < -0.3 is 14.8 Å². The summed E-state index contributed by atoms with van der Waals surface area (Å²) in [6, 6.07) is 15.0. The lowest BCUT2D eigenvalue weighted by Crippen LogP contribution is -2.54. The molecule has 3 aromatic carbocycles. The highest BCUT2D eigenvalue weighted by molar-refractivity contribution is 9.10.